The van der Waals surface area contributed by atoms with Crippen molar-refractivity contribution in [1.82, 2.24) is 4.98 Å². The van der Waals surface area contributed by atoms with Crippen LogP contribution >= 0.6 is 0 Å². The van der Waals surface area contributed by atoms with E-state index in [1.165, 1.54) is 26.5 Å². The summed E-state index contributed by atoms with van der Waals surface area (Å²) in [4.78, 5) is 26.2. The Morgan fingerprint density at radius 1 is 1.11 bits per heavy atom. The van der Waals surface area contributed by atoms with E-state index >= 15 is 0 Å². The van der Waals surface area contributed by atoms with Gasteiger partial charge in [-0.25, -0.2) is 9.78 Å². The highest BCUT2D eigenvalue weighted by Gasteiger charge is 2.11. The third-order valence-electron chi connectivity index (χ3n) is 3.91. The number of rotatable bonds is 11. The molecule has 150 valence electrons. The monoisotopic (exact) mass is 389 g/mol. The van der Waals surface area contributed by atoms with Crippen molar-refractivity contribution in [2.24, 2.45) is 0 Å². The van der Waals surface area contributed by atoms with E-state index in [0.29, 0.717) is 36.0 Å². The number of carbonyl (C=O) groups is 1. The molecule has 28 heavy (non-hydrogen) atoms. The molecule has 1 heterocycles. The lowest BCUT2D eigenvalue weighted by Gasteiger charge is -2.09. The number of unbranched alkanes of at least 4 members (excludes halogenated alkanes) is 2. The van der Waals surface area contributed by atoms with Crippen LogP contribution in [0.15, 0.2) is 36.5 Å². The number of ether oxygens (including phenoxy) is 3. The lowest BCUT2D eigenvalue weighted by Crippen LogP contribution is -2.08. The van der Waals surface area contributed by atoms with Gasteiger partial charge in [-0.3, -0.25) is 10.1 Å². The van der Waals surface area contributed by atoms with Crippen LogP contribution in [0.5, 0.6) is 11.5 Å². The van der Waals surface area contributed by atoms with Gasteiger partial charge >= 0.3 is 5.97 Å². The highest BCUT2D eigenvalue weighted by atomic mass is 16.6. The molecule has 0 fully saturated rings. The smallest absolute Gasteiger partial charge is 0.338 e. The van der Waals surface area contributed by atoms with Crippen molar-refractivity contribution in [2.75, 3.05) is 32.7 Å². The molecule has 0 aliphatic rings. The maximum absolute atomic E-state index is 12.1. The van der Waals surface area contributed by atoms with Crippen molar-refractivity contribution >= 4 is 17.5 Å². The molecule has 1 N–H and O–H groups in total. The fraction of sp³-hybridized carbons (Fsp3) is 0.368. The zero-order valence-electron chi connectivity index (χ0n) is 15.8. The summed E-state index contributed by atoms with van der Waals surface area (Å²) in [7, 11) is 3.04. The molecule has 0 spiro atoms. The molecule has 0 saturated heterocycles. The molecular weight excluding hydrogens is 366 g/mol. The average molecular weight is 389 g/mol. The Hall–Kier alpha value is -3.36. The molecule has 0 saturated carbocycles. The van der Waals surface area contributed by atoms with Gasteiger partial charge in [-0.2, -0.15) is 0 Å². The summed E-state index contributed by atoms with van der Waals surface area (Å²) in [6.45, 7) is 0.986. The first-order chi connectivity index (χ1) is 13.5. The largest absolute Gasteiger partial charge is 0.497 e. The summed E-state index contributed by atoms with van der Waals surface area (Å²) in [5, 5.41) is 13.7. The van der Waals surface area contributed by atoms with Gasteiger partial charge in [-0.15, -0.1) is 0 Å². The van der Waals surface area contributed by atoms with Crippen LogP contribution in [-0.4, -0.2) is 43.2 Å². The molecule has 0 radical (unpaired) electrons. The Bertz CT molecular complexity index is 773. The highest BCUT2D eigenvalue weighted by molar-refractivity contribution is 5.90. The Kier molecular flexibility index (Phi) is 8.01. The molecular formula is C19H23N3O6. The number of nitrogens with zero attached hydrogens (tertiary/aromatic N) is 2. The minimum Gasteiger partial charge on any atom is -0.497 e. The molecule has 9 nitrogen and oxygen atoms in total. The van der Waals surface area contributed by atoms with Gasteiger partial charge in [0.25, 0.3) is 5.69 Å². The number of hydrogen-bond acceptors (Lipinski definition) is 8. The first-order valence-corrected chi connectivity index (χ1v) is 8.78. The number of aromatic nitrogens is 1. The molecule has 0 amide bonds. The van der Waals surface area contributed by atoms with Crippen LogP contribution in [0.4, 0.5) is 11.5 Å². The van der Waals surface area contributed by atoms with Crippen molar-refractivity contribution < 1.29 is 23.9 Å². The van der Waals surface area contributed by atoms with E-state index in [-0.39, 0.29) is 5.69 Å². The Labute approximate surface area is 162 Å². The van der Waals surface area contributed by atoms with Crippen molar-refractivity contribution in [3.63, 3.8) is 0 Å². The summed E-state index contributed by atoms with van der Waals surface area (Å²) >= 11 is 0. The van der Waals surface area contributed by atoms with Crippen LogP contribution in [0.3, 0.4) is 0 Å². The van der Waals surface area contributed by atoms with Gasteiger partial charge in [0.15, 0.2) is 0 Å². The maximum Gasteiger partial charge on any atom is 0.338 e. The molecule has 0 aliphatic carbocycles. The van der Waals surface area contributed by atoms with Crippen LogP contribution in [0, 0.1) is 10.1 Å². The average Bonchev–Trinajstić information content (AvgIpc) is 2.72. The van der Waals surface area contributed by atoms with Crippen molar-refractivity contribution in [3.05, 3.63) is 52.2 Å². The van der Waals surface area contributed by atoms with Gasteiger partial charge in [-0.05, 0) is 37.5 Å². The lowest BCUT2D eigenvalue weighted by atomic mass is 10.2. The topological polar surface area (TPSA) is 113 Å². The molecule has 9 heteroatoms. The molecule has 0 aliphatic heterocycles. The Morgan fingerprint density at radius 2 is 1.82 bits per heavy atom. The van der Waals surface area contributed by atoms with E-state index in [0.717, 1.165) is 19.3 Å². The second-order valence-corrected chi connectivity index (χ2v) is 5.88. The molecule has 1 aromatic carbocycles. The Morgan fingerprint density at radius 3 is 2.39 bits per heavy atom. The molecule has 2 rings (SSSR count). The predicted molar refractivity (Wildman–Crippen MR) is 103 cm³/mol. The van der Waals surface area contributed by atoms with E-state index in [1.807, 2.05) is 0 Å². The number of esters is 1. The number of hydrogen-bond donors (Lipinski definition) is 1. The normalized spacial score (nSPS) is 10.2. The van der Waals surface area contributed by atoms with E-state index in [9.17, 15) is 14.9 Å². The van der Waals surface area contributed by atoms with Gasteiger partial charge < -0.3 is 19.5 Å². The lowest BCUT2D eigenvalue weighted by molar-refractivity contribution is -0.385. The van der Waals surface area contributed by atoms with E-state index < -0.39 is 10.9 Å². The SMILES string of the molecule is COc1cc(OC)cc(C(=O)OCCCCCNc2ccc([N+](=O)[O-])cn2)c1. The maximum atomic E-state index is 12.1. The minimum absolute atomic E-state index is 0.0407. The molecule has 1 aromatic heterocycles. The van der Waals surface area contributed by atoms with Crippen LogP contribution in [0.2, 0.25) is 0 Å². The first-order valence-electron chi connectivity index (χ1n) is 8.78. The fourth-order valence-corrected chi connectivity index (χ4v) is 2.39. The zero-order valence-corrected chi connectivity index (χ0v) is 15.8. The number of nitrogens with one attached hydrogen (secondary N) is 1. The zero-order chi connectivity index (χ0) is 20.4. The standard InChI is InChI=1S/C19H23N3O6/c1-26-16-10-14(11-17(12-16)27-2)19(23)28-9-5-3-4-8-20-18-7-6-15(13-21-18)22(24)25/h6-7,10-13H,3-5,8-9H2,1-2H3,(H,20,21). The van der Waals surface area contributed by atoms with E-state index in [1.54, 1.807) is 24.3 Å². The minimum atomic E-state index is -0.486. The number of anilines is 1. The van der Waals surface area contributed by atoms with Gasteiger partial charge in [0, 0.05) is 18.7 Å². The van der Waals surface area contributed by atoms with Gasteiger partial charge in [0.2, 0.25) is 0 Å². The van der Waals surface area contributed by atoms with Crippen molar-refractivity contribution in [2.45, 2.75) is 19.3 Å². The van der Waals surface area contributed by atoms with Crippen molar-refractivity contribution in [3.8, 4) is 11.5 Å². The van der Waals surface area contributed by atoms with Gasteiger partial charge in [0.1, 0.15) is 23.5 Å². The summed E-state index contributed by atoms with van der Waals surface area (Å²) in [5.74, 6) is 1.21. The highest BCUT2D eigenvalue weighted by Crippen LogP contribution is 2.23. The molecule has 2 aromatic rings. The summed E-state index contributed by atoms with van der Waals surface area (Å²) in [6, 6.07) is 7.87. The third-order valence-corrected chi connectivity index (χ3v) is 3.91. The van der Waals surface area contributed by atoms with E-state index in [4.69, 9.17) is 14.2 Å². The number of methoxy groups -OCH3 is 2. The van der Waals surface area contributed by atoms with Crippen molar-refractivity contribution in [1.29, 1.82) is 0 Å². The number of benzene rings is 1. The number of carbonyl (C=O) groups excluding carboxylic acids is 1. The molecule has 0 bridgehead atoms. The summed E-state index contributed by atoms with van der Waals surface area (Å²) in [5.41, 5.74) is 0.336. The van der Waals surface area contributed by atoms with E-state index in [2.05, 4.69) is 10.3 Å². The second kappa shape index (κ2) is 10.7. The first kappa shape index (κ1) is 20.9. The molecule has 0 unspecified atom stereocenters. The van der Waals surface area contributed by atoms with Gasteiger partial charge in [-0.1, -0.05) is 0 Å². The van der Waals surface area contributed by atoms with Crippen LogP contribution in [-0.2, 0) is 4.74 Å². The number of nitro groups is 1. The third kappa shape index (κ3) is 6.42. The quantitative estimate of drug-likeness (QED) is 0.269. The van der Waals surface area contributed by atoms with Gasteiger partial charge in [0.05, 0.1) is 31.3 Å². The van der Waals surface area contributed by atoms with Crippen LogP contribution in [0.1, 0.15) is 29.6 Å². The van der Waals surface area contributed by atoms with Crippen LogP contribution < -0.4 is 14.8 Å². The second-order valence-electron chi connectivity index (χ2n) is 5.88. The Balaban J connectivity index is 1.65. The fourth-order valence-electron chi connectivity index (χ4n) is 2.39. The molecule has 0 atom stereocenters. The number of pyridine rings is 1. The van der Waals surface area contributed by atoms with Crippen LogP contribution in [0.25, 0.3) is 0 Å². The summed E-state index contributed by atoms with van der Waals surface area (Å²) in [6.07, 6.45) is 3.65. The predicted octanol–water partition coefficient (Wildman–Crippen LogP) is 3.45. The summed E-state index contributed by atoms with van der Waals surface area (Å²) < 4.78 is 15.6.